The van der Waals surface area contributed by atoms with Gasteiger partial charge in [0, 0.05) is 10.9 Å². The third kappa shape index (κ3) is 1.92. The smallest absolute Gasteiger partial charge is 0.277 e. The molecule has 0 aliphatic rings. The van der Waals surface area contributed by atoms with Crippen LogP contribution in [0.3, 0.4) is 0 Å². The molecule has 0 fully saturated rings. The van der Waals surface area contributed by atoms with E-state index in [-0.39, 0.29) is 5.56 Å². The van der Waals surface area contributed by atoms with Gasteiger partial charge in [0.15, 0.2) is 0 Å². The first-order valence-electron chi connectivity index (χ1n) is 6.83. The molecule has 0 spiro atoms. The number of hydrogen-bond donors (Lipinski definition) is 1. The Kier molecular flexibility index (Phi) is 2.60. The Morgan fingerprint density at radius 3 is 2.62 bits per heavy atom. The molecule has 102 valence electrons. The predicted molar refractivity (Wildman–Crippen MR) is 83.4 cm³/mol. The summed E-state index contributed by atoms with van der Waals surface area (Å²) in [6, 6.07) is 17.7. The number of fused-ring (bicyclic) bond motifs is 3. The van der Waals surface area contributed by atoms with Gasteiger partial charge < -0.3 is 4.98 Å². The lowest BCUT2D eigenvalue weighted by atomic mass is 10.2. The second-order valence-corrected chi connectivity index (χ2v) is 5.06. The minimum atomic E-state index is -0.0416. The van der Waals surface area contributed by atoms with Crippen molar-refractivity contribution in [3.8, 4) is 0 Å². The molecule has 2 aromatic heterocycles. The number of aromatic amines is 1. The van der Waals surface area contributed by atoms with Gasteiger partial charge in [-0.3, -0.25) is 9.36 Å². The summed E-state index contributed by atoms with van der Waals surface area (Å²) < 4.78 is 1.63. The molecule has 0 radical (unpaired) electrons. The molecule has 4 aromatic rings. The van der Waals surface area contributed by atoms with Crippen molar-refractivity contribution in [3.63, 3.8) is 0 Å². The Morgan fingerprint density at radius 1 is 1.00 bits per heavy atom. The maximum absolute atomic E-state index is 12.6. The molecular formula is C17H13N3O. The van der Waals surface area contributed by atoms with Crippen molar-refractivity contribution in [3.05, 3.63) is 76.8 Å². The molecule has 2 heterocycles. The van der Waals surface area contributed by atoms with Crippen molar-refractivity contribution in [1.29, 1.82) is 0 Å². The van der Waals surface area contributed by atoms with Crippen molar-refractivity contribution >= 4 is 21.9 Å². The molecule has 0 aliphatic heterocycles. The van der Waals surface area contributed by atoms with Gasteiger partial charge in [-0.25, -0.2) is 4.98 Å². The molecule has 4 nitrogen and oxygen atoms in total. The minimum absolute atomic E-state index is 0.0416. The number of H-pyrrole nitrogens is 1. The summed E-state index contributed by atoms with van der Waals surface area (Å²) in [5.41, 5.74) is 3.28. The Balaban J connectivity index is 1.90. The van der Waals surface area contributed by atoms with E-state index in [1.807, 2.05) is 54.6 Å². The summed E-state index contributed by atoms with van der Waals surface area (Å²) in [6.07, 6.45) is 1.62. The maximum atomic E-state index is 12.6. The van der Waals surface area contributed by atoms with E-state index in [2.05, 4.69) is 9.97 Å². The highest BCUT2D eigenvalue weighted by atomic mass is 16.1. The summed E-state index contributed by atoms with van der Waals surface area (Å²) in [5.74, 6) is 0. The molecule has 0 unspecified atom stereocenters. The second kappa shape index (κ2) is 4.59. The molecular weight excluding hydrogens is 262 g/mol. The van der Waals surface area contributed by atoms with Gasteiger partial charge >= 0.3 is 0 Å². The molecule has 0 saturated heterocycles. The van der Waals surface area contributed by atoms with Crippen LogP contribution in [0.5, 0.6) is 0 Å². The van der Waals surface area contributed by atoms with E-state index in [0.29, 0.717) is 12.1 Å². The Bertz CT molecular complexity index is 983. The van der Waals surface area contributed by atoms with Gasteiger partial charge in [0.2, 0.25) is 0 Å². The Labute approximate surface area is 120 Å². The van der Waals surface area contributed by atoms with E-state index < -0.39 is 0 Å². The van der Waals surface area contributed by atoms with Gasteiger partial charge in [-0.05, 0) is 11.6 Å². The van der Waals surface area contributed by atoms with E-state index in [1.54, 1.807) is 10.9 Å². The van der Waals surface area contributed by atoms with Crippen LogP contribution in [-0.4, -0.2) is 14.5 Å². The van der Waals surface area contributed by atoms with Gasteiger partial charge in [0.05, 0.1) is 12.9 Å². The summed E-state index contributed by atoms with van der Waals surface area (Å²) in [7, 11) is 0. The number of nitrogens with zero attached hydrogens (tertiary/aromatic N) is 2. The lowest BCUT2D eigenvalue weighted by Gasteiger charge is -2.04. The number of para-hydroxylation sites is 1. The first-order valence-corrected chi connectivity index (χ1v) is 6.83. The van der Waals surface area contributed by atoms with Crippen LogP contribution < -0.4 is 5.56 Å². The van der Waals surface area contributed by atoms with E-state index in [9.17, 15) is 4.79 Å². The highest BCUT2D eigenvalue weighted by molar-refractivity contribution is 6.04. The number of benzene rings is 2. The SMILES string of the molecule is O=c1c2[nH]c3ccccc3c2ncn1Cc1ccccc1. The summed E-state index contributed by atoms with van der Waals surface area (Å²) in [5, 5.41) is 0.983. The van der Waals surface area contributed by atoms with Crippen molar-refractivity contribution < 1.29 is 0 Å². The molecule has 4 heteroatoms. The lowest BCUT2D eigenvalue weighted by molar-refractivity contribution is 0.747. The average Bonchev–Trinajstić information content (AvgIpc) is 2.91. The van der Waals surface area contributed by atoms with Crippen LogP contribution in [0.25, 0.3) is 21.9 Å². The first-order chi connectivity index (χ1) is 10.3. The number of rotatable bonds is 2. The second-order valence-electron chi connectivity index (χ2n) is 5.06. The standard InChI is InChI=1S/C17H13N3O/c21-17-16-15(13-8-4-5-9-14(13)19-16)18-11-20(17)10-12-6-2-1-3-7-12/h1-9,11,19H,10H2. The first kappa shape index (κ1) is 11.9. The normalized spacial score (nSPS) is 11.2. The van der Waals surface area contributed by atoms with Gasteiger partial charge in [-0.15, -0.1) is 0 Å². The summed E-state index contributed by atoms with van der Waals surface area (Å²) >= 11 is 0. The zero-order chi connectivity index (χ0) is 14.2. The Hall–Kier alpha value is -2.88. The Morgan fingerprint density at radius 2 is 1.76 bits per heavy atom. The quantitative estimate of drug-likeness (QED) is 0.611. The van der Waals surface area contributed by atoms with Crippen molar-refractivity contribution in [2.75, 3.05) is 0 Å². The van der Waals surface area contributed by atoms with Crippen molar-refractivity contribution in [1.82, 2.24) is 14.5 Å². The fourth-order valence-electron chi connectivity index (χ4n) is 2.63. The maximum Gasteiger partial charge on any atom is 0.277 e. The topological polar surface area (TPSA) is 50.7 Å². The fraction of sp³-hybridized carbons (Fsp3) is 0.0588. The molecule has 4 rings (SSSR count). The molecule has 0 atom stereocenters. The number of aromatic nitrogens is 3. The average molecular weight is 275 g/mol. The van der Waals surface area contributed by atoms with Crippen LogP contribution in [0.15, 0.2) is 65.7 Å². The van der Waals surface area contributed by atoms with Crippen LogP contribution in [-0.2, 0) is 6.54 Å². The van der Waals surface area contributed by atoms with Crippen LogP contribution in [0.4, 0.5) is 0 Å². The highest BCUT2D eigenvalue weighted by Crippen LogP contribution is 2.20. The van der Waals surface area contributed by atoms with E-state index in [0.717, 1.165) is 22.0 Å². The van der Waals surface area contributed by atoms with Crippen LogP contribution in [0.2, 0.25) is 0 Å². The minimum Gasteiger partial charge on any atom is -0.349 e. The van der Waals surface area contributed by atoms with Gasteiger partial charge in [0.25, 0.3) is 5.56 Å². The lowest BCUT2D eigenvalue weighted by Crippen LogP contribution is -2.21. The van der Waals surface area contributed by atoms with E-state index in [1.165, 1.54) is 0 Å². The van der Waals surface area contributed by atoms with Gasteiger partial charge in [-0.1, -0.05) is 48.5 Å². The predicted octanol–water partition coefficient (Wildman–Crippen LogP) is 2.93. The molecule has 0 aliphatic carbocycles. The zero-order valence-electron chi connectivity index (χ0n) is 11.3. The van der Waals surface area contributed by atoms with Crippen LogP contribution in [0.1, 0.15) is 5.56 Å². The largest absolute Gasteiger partial charge is 0.349 e. The highest BCUT2D eigenvalue weighted by Gasteiger charge is 2.10. The molecule has 2 aromatic carbocycles. The van der Waals surface area contributed by atoms with Gasteiger partial charge in [-0.2, -0.15) is 0 Å². The third-order valence-electron chi connectivity index (χ3n) is 3.68. The number of hydrogen-bond acceptors (Lipinski definition) is 2. The monoisotopic (exact) mass is 275 g/mol. The van der Waals surface area contributed by atoms with Crippen LogP contribution in [0, 0.1) is 0 Å². The summed E-state index contributed by atoms with van der Waals surface area (Å²) in [4.78, 5) is 20.2. The third-order valence-corrected chi connectivity index (χ3v) is 3.68. The molecule has 0 bridgehead atoms. The van der Waals surface area contributed by atoms with Crippen molar-refractivity contribution in [2.45, 2.75) is 6.54 Å². The molecule has 1 N–H and O–H groups in total. The fourth-order valence-corrected chi connectivity index (χ4v) is 2.63. The van der Waals surface area contributed by atoms with E-state index in [4.69, 9.17) is 0 Å². The molecule has 0 amide bonds. The zero-order valence-corrected chi connectivity index (χ0v) is 11.3. The summed E-state index contributed by atoms with van der Waals surface area (Å²) in [6.45, 7) is 0.526. The van der Waals surface area contributed by atoms with Gasteiger partial charge in [0.1, 0.15) is 11.0 Å². The number of nitrogens with one attached hydrogen (secondary N) is 1. The molecule has 0 saturated carbocycles. The van der Waals surface area contributed by atoms with Crippen molar-refractivity contribution in [2.24, 2.45) is 0 Å². The van der Waals surface area contributed by atoms with Crippen LogP contribution >= 0.6 is 0 Å². The van der Waals surface area contributed by atoms with E-state index >= 15 is 0 Å². The molecule has 21 heavy (non-hydrogen) atoms.